The lowest BCUT2D eigenvalue weighted by Crippen LogP contribution is -2.58. The Kier molecular flexibility index (Phi) is 7.65. The summed E-state index contributed by atoms with van der Waals surface area (Å²) in [5.74, 6) is 0. The van der Waals surface area contributed by atoms with Crippen LogP contribution in [0.3, 0.4) is 0 Å². The van der Waals surface area contributed by atoms with Crippen LogP contribution in [0.25, 0.3) is 0 Å². The van der Waals surface area contributed by atoms with Crippen LogP contribution in [0.5, 0.6) is 0 Å². The van der Waals surface area contributed by atoms with Gasteiger partial charge < -0.3 is 4.74 Å². The normalized spacial score (nSPS) is 28.1. The minimum Gasteiger partial charge on any atom is -0.370 e. The van der Waals surface area contributed by atoms with Gasteiger partial charge in [0.15, 0.2) is 0 Å². The Bertz CT molecular complexity index is 927. The molecule has 4 N–H and O–H groups in total. The van der Waals surface area contributed by atoms with E-state index in [4.69, 9.17) is 22.9 Å². The van der Waals surface area contributed by atoms with E-state index < -0.39 is 79.2 Å². The van der Waals surface area contributed by atoms with E-state index in [0.29, 0.717) is 0 Å². The molecule has 4 atom stereocenters. The summed E-state index contributed by atoms with van der Waals surface area (Å²) in [7, 11) is -21.3. The topological polar surface area (TPSA) is 264 Å². The van der Waals surface area contributed by atoms with Gasteiger partial charge in [0.1, 0.15) is 24.4 Å². The van der Waals surface area contributed by atoms with Crippen molar-refractivity contribution in [1.82, 2.24) is 0 Å². The Morgan fingerprint density at radius 3 is 1.56 bits per heavy atom. The summed E-state index contributed by atoms with van der Waals surface area (Å²) in [6.07, 6.45) is -8.96. The molecule has 0 aromatic rings. The van der Waals surface area contributed by atoms with E-state index in [2.05, 4.69) is 16.7 Å². The second kappa shape index (κ2) is 8.44. The van der Waals surface area contributed by atoms with Crippen molar-refractivity contribution in [3.63, 3.8) is 0 Å². The first-order valence-electron chi connectivity index (χ1n) is 6.07. The van der Waals surface area contributed by atoms with E-state index >= 15 is 0 Å². The molecule has 0 aromatic heterocycles. The summed E-state index contributed by atoms with van der Waals surface area (Å²) in [6, 6.07) is 0. The summed E-state index contributed by atoms with van der Waals surface area (Å²) in [4.78, 5) is 0. The van der Waals surface area contributed by atoms with Gasteiger partial charge in [-0.25, -0.2) is 16.7 Å². The van der Waals surface area contributed by atoms with Crippen molar-refractivity contribution in [2.75, 3.05) is 13.2 Å². The standard InChI is InChI=1S/C6H12O17S4/c7-24(8,9)20-2-3-5(22-26(13,14)15)6(23-27(16,17)18)4(1-19-3)21-25(10,11)12/h3-6H,1-2H2,(H,7,8,9)(H,10,11,12)(H,13,14,15)(H,16,17,18)/t3-,4+,5-,6-/m1/s1. The Labute approximate surface area is 152 Å². The second-order valence-corrected chi connectivity index (χ2v) is 8.86. The minimum absolute atomic E-state index is 1.01. The lowest BCUT2D eigenvalue weighted by Gasteiger charge is -2.38. The van der Waals surface area contributed by atoms with Crippen molar-refractivity contribution in [1.29, 1.82) is 0 Å². The Morgan fingerprint density at radius 1 is 0.704 bits per heavy atom. The van der Waals surface area contributed by atoms with Crippen LogP contribution in [0.4, 0.5) is 0 Å². The highest BCUT2D eigenvalue weighted by molar-refractivity contribution is 7.81. The summed E-state index contributed by atoms with van der Waals surface area (Å²) < 4.78 is 142. The van der Waals surface area contributed by atoms with Gasteiger partial charge in [-0.3, -0.25) is 18.2 Å². The maximum Gasteiger partial charge on any atom is 0.397 e. The summed E-state index contributed by atoms with van der Waals surface area (Å²) in [6.45, 7) is -2.26. The molecule has 27 heavy (non-hydrogen) atoms. The SMILES string of the molecule is O=S(=O)(O)OC[C@H]1OC[C@H](OS(=O)(=O)O)[C@@H](OS(=O)(=O)O)[C@@H]1OS(=O)(=O)O. The molecule has 0 spiro atoms. The summed E-state index contributed by atoms with van der Waals surface area (Å²) in [5, 5.41) is 0. The predicted octanol–water partition coefficient (Wildman–Crippen LogP) is -3.23. The Hall–Kier alpha value is -0.560. The number of hydrogen-bond donors (Lipinski definition) is 4. The van der Waals surface area contributed by atoms with Crippen molar-refractivity contribution < 1.29 is 73.4 Å². The fourth-order valence-corrected chi connectivity index (χ4v) is 3.69. The molecule has 0 unspecified atom stereocenters. The zero-order valence-corrected chi connectivity index (χ0v) is 15.7. The van der Waals surface area contributed by atoms with Crippen LogP contribution < -0.4 is 0 Å². The van der Waals surface area contributed by atoms with Gasteiger partial charge in [0.25, 0.3) is 0 Å². The Balaban J connectivity index is 3.30. The molecule has 1 heterocycles. The van der Waals surface area contributed by atoms with Crippen LogP contribution in [-0.4, -0.2) is 89.5 Å². The fraction of sp³-hybridized carbons (Fsp3) is 1.00. The predicted molar refractivity (Wildman–Crippen MR) is 76.5 cm³/mol. The molecule has 1 saturated heterocycles. The third-order valence-corrected chi connectivity index (χ3v) is 4.48. The van der Waals surface area contributed by atoms with Gasteiger partial charge in [0.05, 0.1) is 13.2 Å². The third-order valence-electron chi connectivity index (χ3n) is 2.62. The van der Waals surface area contributed by atoms with Crippen molar-refractivity contribution in [2.24, 2.45) is 0 Å². The van der Waals surface area contributed by atoms with Crippen LogP contribution in [-0.2, 0) is 63.1 Å². The van der Waals surface area contributed by atoms with Crippen LogP contribution in [0.1, 0.15) is 0 Å². The van der Waals surface area contributed by atoms with Crippen molar-refractivity contribution >= 4 is 41.6 Å². The molecule has 0 radical (unpaired) electrons. The molecule has 0 aromatic carbocycles. The van der Waals surface area contributed by atoms with Gasteiger partial charge in [0.2, 0.25) is 0 Å². The summed E-state index contributed by atoms with van der Waals surface area (Å²) in [5.41, 5.74) is 0. The van der Waals surface area contributed by atoms with E-state index in [9.17, 15) is 33.7 Å². The lowest BCUT2D eigenvalue weighted by molar-refractivity contribution is -0.171. The quantitative estimate of drug-likeness (QED) is 0.234. The molecule has 1 fully saturated rings. The Morgan fingerprint density at radius 2 is 1.15 bits per heavy atom. The molecule has 17 nitrogen and oxygen atoms in total. The van der Waals surface area contributed by atoms with Crippen LogP contribution >= 0.6 is 0 Å². The van der Waals surface area contributed by atoms with Crippen molar-refractivity contribution in [3.8, 4) is 0 Å². The van der Waals surface area contributed by atoms with Gasteiger partial charge in [-0.05, 0) is 0 Å². The molecular weight excluding hydrogens is 472 g/mol. The van der Waals surface area contributed by atoms with E-state index in [1.54, 1.807) is 0 Å². The van der Waals surface area contributed by atoms with Crippen molar-refractivity contribution in [3.05, 3.63) is 0 Å². The maximum absolute atomic E-state index is 10.9. The molecule has 0 aliphatic carbocycles. The molecule has 21 heteroatoms. The molecule has 1 aliphatic heterocycles. The first-order chi connectivity index (χ1) is 11.9. The van der Waals surface area contributed by atoms with Gasteiger partial charge in [-0.2, -0.15) is 33.7 Å². The molecule has 0 amide bonds. The molecule has 1 rings (SSSR count). The minimum atomic E-state index is -5.44. The van der Waals surface area contributed by atoms with Gasteiger partial charge in [-0.15, -0.1) is 0 Å². The summed E-state index contributed by atoms with van der Waals surface area (Å²) >= 11 is 0. The highest BCUT2D eigenvalue weighted by Crippen LogP contribution is 2.27. The third kappa shape index (κ3) is 9.97. The molecule has 0 saturated carbocycles. The van der Waals surface area contributed by atoms with Gasteiger partial charge >= 0.3 is 41.6 Å². The number of hydrogen-bond acceptors (Lipinski definition) is 13. The van der Waals surface area contributed by atoms with Crippen LogP contribution in [0.2, 0.25) is 0 Å². The average molecular weight is 484 g/mol. The average Bonchev–Trinajstić information content (AvgIpc) is 2.36. The fourth-order valence-electron chi connectivity index (χ4n) is 1.88. The highest BCUT2D eigenvalue weighted by atomic mass is 32.3. The lowest BCUT2D eigenvalue weighted by atomic mass is 10.0. The van der Waals surface area contributed by atoms with Gasteiger partial charge in [-0.1, -0.05) is 0 Å². The molecule has 0 bridgehead atoms. The second-order valence-electron chi connectivity index (χ2n) is 4.62. The first-order valence-corrected chi connectivity index (χ1v) is 11.5. The van der Waals surface area contributed by atoms with E-state index in [1.807, 2.05) is 0 Å². The number of ether oxygens (including phenoxy) is 1. The monoisotopic (exact) mass is 484 g/mol. The van der Waals surface area contributed by atoms with Crippen LogP contribution in [0.15, 0.2) is 0 Å². The van der Waals surface area contributed by atoms with Gasteiger partial charge in [0, 0.05) is 0 Å². The maximum atomic E-state index is 10.9. The molecule has 1 aliphatic rings. The highest BCUT2D eigenvalue weighted by Gasteiger charge is 2.49. The molecular formula is C6H12O17S4. The zero-order valence-electron chi connectivity index (χ0n) is 12.5. The molecule has 162 valence electrons. The van der Waals surface area contributed by atoms with Crippen LogP contribution in [0, 0.1) is 0 Å². The van der Waals surface area contributed by atoms with E-state index in [1.165, 1.54) is 0 Å². The van der Waals surface area contributed by atoms with Crippen molar-refractivity contribution in [2.45, 2.75) is 24.4 Å². The van der Waals surface area contributed by atoms with E-state index in [-0.39, 0.29) is 0 Å². The van der Waals surface area contributed by atoms with E-state index in [0.717, 1.165) is 0 Å². The number of rotatable bonds is 9. The largest absolute Gasteiger partial charge is 0.397 e. The first kappa shape index (κ1) is 24.5. The zero-order chi connectivity index (χ0) is 21.3. The smallest absolute Gasteiger partial charge is 0.370 e.